The van der Waals surface area contributed by atoms with Crippen molar-refractivity contribution < 1.29 is 24.5 Å². The molecular formula is C67H129NO5. The molecule has 0 aliphatic rings. The van der Waals surface area contributed by atoms with Crippen molar-refractivity contribution in [3.8, 4) is 0 Å². The standard InChI is InChI=1S/C67H129NO5/c1-3-5-7-9-11-13-15-17-37-41-45-49-53-57-61-67(72)73-62-58-54-50-46-42-38-34-32-30-28-26-24-22-20-18-19-21-23-25-27-29-31-33-36-40-44-48-52-56-60-66(71)68-64(63-69)65(70)59-55-51-47-43-39-35-16-14-12-10-8-6-4-2/h18,20,24,26,64-65,69-70H,3-17,19,21-23,25,27-63H2,1-2H3,(H,68,71)/b20-18-,26-24-. The number of carbonyl (C=O) groups excluding carboxylic acids is 2. The number of ether oxygens (including phenoxy) is 1. The fourth-order valence-electron chi connectivity index (χ4n) is 10.4. The van der Waals surface area contributed by atoms with Crippen LogP contribution >= 0.6 is 0 Å². The molecule has 0 fully saturated rings. The molecule has 0 aliphatic heterocycles. The Morgan fingerprint density at radius 2 is 0.685 bits per heavy atom. The van der Waals surface area contributed by atoms with E-state index in [1.165, 1.54) is 289 Å². The number of allylic oxidation sites excluding steroid dienone is 4. The largest absolute Gasteiger partial charge is 0.466 e. The van der Waals surface area contributed by atoms with Gasteiger partial charge in [-0.3, -0.25) is 9.59 Å². The van der Waals surface area contributed by atoms with Crippen LogP contribution in [0.1, 0.15) is 367 Å². The quantitative estimate of drug-likeness (QED) is 0.0320. The van der Waals surface area contributed by atoms with Crippen LogP contribution in [0, 0.1) is 0 Å². The molecule has 0 aromatic rings. The third kappa shape index (κ3) is 59.4. The van der Waals surface area contributed by atoms with Crippen LogP contribution in [-0.2, 0) is 14.3 Å². The van der Waals surface area contributed by atoms with Crippen LogP contribution in [0.5, 0.6) is 0 Å². The Bertz CT molecular complexity index is 1140. The van der Waals surface area contributed by atoms with Gasteiger partial charge < -0.3 is 20.3 Å². The van der Waals surface area contributed by atoms with Gasteiger partial charge in [-0.15, -0.1) is 0 Å². The van der Waals surface area contributed by atoms with Crippen LogP contribution in [-0.4, -0.2) is 47.4 Å². The van der Waals surface area contributed by atoms with Crippen molar-refractivity contribution in [2.75, 3.05) is 13.2 Å². The van der Waals surface area contributed by atoms with Crippen LogP contribution in [0.25, 0.3) is 0 Å². The van der Waals surface area contributed by atoms with E-state index in [1.54, 1.807) is 0 Å². The fourth-order valence-corrected chi connectivity index (χ4v) is 10.4. The van der Waals surface area contributed by atoms with Crippen molar-refractivity contribution in [2.45, 2.75) is 379 Å². The maximum absolute atomic E-state index is 12.5. The topological polar surface area (TPSA) is 95.9 Å². The zero-order valence-corrected chi connectivity index (χ0v) is 49.4. The van der Waals surface area contributed by atoms with Gasteiger partial charge in [0, 0.05) is 12.8 Å². The number of hydrogen-bond donors (Lipinski definition) is 3. The van der Waals surface area contributed by atoms with Gasteiger partial charge >= 0.3 is 5.97 Å². The Kier molecular flexibility index (Phi) is 61.4. The monoisotopic (exact) mass is 1030 g/mol. The lowest BCUT2D eigenvalue weighted by atomic mass is 10.0. The first kappa shape index (κ1) is 71.3. The van der Waals surface area contributed by atoms with E-state index in [4.69, 9.17) is 4.74 Å². The van der Waals surface area contributed by atoms with Crippen molar-refractivity contribution in [1.29, 1.82) is 0 Å². The second-order valence-corrected chi connectivity index (χ2v) is 22.8. The van der Waals surface area contributed by atoms with Gasteiger partial charge in [0.25, 0.3) is 0 Å². The van der Waals surface area contributed by atoms with Crippen molar-refractivity contribution in [3.05, 3.63) is 24.3 Å². The highest BCUT2D eigenvalue weighted by atomic mass is 16.5. The molecule has 0 saturated heterocycles. The molecule has 73 heavy (non-hydrogen) atoms. The number of hydrogen-bond acceptors (Lipinski definition) is 5. The normalized spacial score (nSPS) is 12.7. The van der Waals surface area contributed by atoms with Gasteiger partial charge in [-0.1, -0.05) is 321 Å². The van der Waals surface area contributed by atoms with Gasteiger partial charge in [0.2, 0.25) is 5.91 Å². The van der Waals surface area contributed by atoms with Crippen molar-refractivity contribution in [2.24, 2.45) is 0 Å². The Morgan fingerprint density at radius 1 is 0.384 bits per heavy atom. The summed E-state index contributed by atoms with van der Waals surface area (Å²) in [4.78, 5) is 24.5. The minimum absolute atomic E-state index is 0.0147. The number of nitrogens with one attached hydrogen (secondary N) is 1. The molecule has 0 radical (unpaired) electrons. The Labute approximate surface area is 456 Å². The maximum Gasteiger partial charge on any atom is 0.305 e. The molecule has 1 amide bonds. The number of carbonyl (C=O) groups is 2. The smallest absolute Gasteiger partial charge is 0.305 e. The van der Waals surface area contributed by atoms with Crippen LogP contribution in [0.15, 0.2) is 24.3 Å². The van der Waals surface area contributed by atoms with Gasteiger partial charge in [-0.2, -0.15) is 0 Å². The molecule has 0 rings (SSSR count). The minimum atomic E-state index is -0.664. The zero-order chi connectivity index (χ0) is 52.9. The summed E-state index contributed by atoms with van der Waals surface area (Å²) in [5, 5.41) is 23.3. The lowest BCUT2D eigenvalue weighted by Crippen LogP contribution is -2.45. The molecule has 0 bridgehead atoms. The number of rotatable bonds is 62. The highest BCUT2D eigenvalue weighted by Crippen LogP contribution is 2.18. The van der Waals surface area contributed by atoms with Crippen molar-refractivity contribution >= 4 is 11.9 Å². The molecule has 6 nitrogen and oxygen atoms in total. The Morgan fingerprint density at radius 3 is 1.04 bits per heavy atom. The third-order valence-electron chi connectivity index (χ3n) is 15.5. The van der Waals surface area contributed by atoms with E-state index < -0.39 is 12.1 Å². The highest BCUT2D eigenvalue weighted by molar-refractivity contribution is 5.76. The van der Waals surface area contributed by atoms with Gasteiger partial charge in [0.15, 0.2) is 0 Å². The van der Waals surface area contributed by atoms with E-state index in [1.807, 2.05) is 0 Å². The van der Waals surface area contributed by atoms with Gasteiger partial charge in [0.1, 0.15) is 0 Å². The highest BCUT2D eigenvalue weighted by Gasteiger charge is 2.20. The van der Waals surface area contributed by atoms with E-state index in [9.17, 15) is 19.8 Å². The molecule has 0 aliphatic carbocycles. The molecule has 2 unspecified atom stereocenters. The molecule has 0 aromatic heterocycles. The number of esters is 1. The van der Waals surface area contributed by atoms with E-state index in [0.717, 1.165) is 44.9 Å². The van der Waals surface area contributed by atoms with Crippen LogP contribution in [0.3, 0.4) is 0 Å². The van der Waals surface area contributed by atoms with Gasteiger partial charge in [0.05, 0.1) is 25.4 Å². The Hall–Kier alpha value is -1.66. The lowest BCUT2D eigenvalue weighted by Gasteiger charge is -2.22. The van der Waals surface area contributed by atoms with Crippen LogP contribution < -0.4 is 5.32 Å². The summed E-state index contributed by atoms with van der Waals surface area (Å²) in [6.45, 7) is 4.97. The summed E-state index contributed by atoms with van der Waals surface area (Å²) < 4.78 is 5.49. The second-order valence-electron chi connectivity index (χ2n) is 22.8. The SMILES string of the molecule is CCCCCCCCCCCCCCCCC(=O)OCCCCCCCCCCC/C=C\C/C=C\CCCCCCCCCCCCCCCC(=O)NC(CO)C(O)CCCCCCCCCCCCCCC. The average Bonchev–Trinajstić information content (AvgIpc) is 3.39. The lowest BCUT2D eigenvalue weighted by molar-refractivity contribution is -0.143. The number of unbranched alkanes of at least 4 members (excludes halogenated alkanes) is 47. The van der Waals surface area contributed by atoms with E-state index in [0.29, 0.717) is 25.9 Å². The minimum Gasteiger partial charge on any atom is -0.466 e. The molecule has 0 saturated carbocycles. The van der Waals surface area contributed by atoms with Crippen molar-refractivity contribution in [1.82, 2.24) is 5.32 Å². The summed E-state index contributed by atoms with van der Waals surface area (Å²) in [6, 6.07) is -0.541. The number of aliphatic hydroxyl groups excluding tert-OH is 2. The molecule has 432 valence electrons. The molecule has 2 atom stereocenters. The molecule has 6 heteroatoms. The molecule has 0 aromatic carbocycles. The summed E-state index contributed by atoms with van der Waals surface area (Å²) in [5.41, 5.74) is 0. The first-order chi connectivity index (χ1) is 36.0. The number of aliphatic hydroxyl groups is 2. The van der Waals surface area contributed by atoms with Crippen LogP contribution in [0.2, 0.25) is 0 Å². The second kappa shape index (κ2) is 62.9. The molecule has 0 heterocycles. The zero-order valence-electron chi connectivity index (χ0n) is 49.4. The molecule has 0 spiro atoms. The van der Waals surface area contributed by atoms with Gasteiger partial charge in [-0.05, 0) is 57.8 Å². The number of amides is 1. The molecular weight excluding hydrogens is 899 g/mol. The predicted molar refractivity (Wildman–Crippen MR) is 320 cm³/mol. The fraction of sp³-hybridized carbons (Fsp3) is 0.910. The Balaban J connectivity index is 3.38. The first-order valence-corrected chi connectivity index (χ1v) is 33.1. The average molecular weight is 1030 g/mol. The van der Waals surface area contributed by atoms with E-state index in [2.05, 4.69) is 43.5 Å². The van der Waals surface area contributed by atoms with Crippen molar-refractivity contribution in [3.63, 3.8) is 0 Å². The van der Waals surface area contributed by atoms with E-state index in [-0.39, 0.29) is 18.5 Å². The van der Waals surface area contributed by atoms with Gasteiger partial charge in [-0.25, -0.2) is 0 Å². The summed E-state index contributed by atoms with van der Waals surface area (Å²) in [6.07, 6.45) is 77.8. The summed E-state index contributed by atoms with van der Waals surface area (Å²) in [5.74, 6) is -0.0197. The summed E-state index contributed by atoms with van der Waals surface area (Å²) in [7, 11) is 0. The van der Waals surface area contributed by atoms with Crippen LogP contribution in [0.4, 0.5) is 0 Å². The maximum atomic E-state index is 12.5. The van der Waals surface area contributed by atoms with E-state index >= 15 is 0 Å². The summed E-state index contributed by atoms with van der Waals surface area (Å²) >= 11 is 0. The first-order valence-electron chi connectivity index (χ1n) is 33.1. The third-order valence-corrected chi connectivity index (χ3v) is 15.5. The molecule has 3 N–H and O–H groups in total. The predicted octanol–water partition coefficient (Wildman–Crippen LogP) is 21.0.